The maximum Gasteiger partial charge on any atom is 0.225 e. The number of nitrogens with two attached hydrogens (primary N) is 1. The molecule has 0 saturated heterocycles. The monoisotopic (exact) mass is 298 g/mol. The lowest BCUT2D eigenvalue weighted by Crippen LogP contribution is -2.56. The van der Waals surface area contributed by atoms with Crippen LogP contribution in [0.1, 0.15) is 32.3 Å². The van der Waals surface area contributed by atoms with Gasteiger partial charge >= 0.3 is 0 Å². The quantitative estimate of drug-likeness (QED) is 0.794. The number of thiocarbonyl (C=S) groups is 1. The van der Waals surface area contributed by atoms with E-state index in [4.69, 9.17) is 29.6 Å². The van der Waals surface area contributed by atoms with Gasteiger partial charge in [-0.25, -0.2) is 0 Å². The Hall–Kier alpha value is -1.13. The van der Waals surface area contributed by atoms with Crippen molar-refractivity contribution < 1.29 is 4.79 Å². The molecule has 1 rings (SSSR count). The molecule has 0 aliphatic heterocycles. The fourth-order valence-electron chi connectivity index (χ4n) is 1.98. The number of hydrogen-bond donors (Lipinski definition) is 2. The second-order valence-corrected chi connectivity index (χ2v) is 5.38. The molecule has 0 unspecified atom stereocenters. The molecule has 3 nitrogen and oxygen atoms in total. The largest absolute Gasteiger partial charge is 0.391 e. The molecule has 5 heteroatoms. The van der Waals surface area contributed by atoms with Crippen molar-refractivity contribution in [1.82, 2.24) is 5.32 Å². The van der Waals surface area contributed by atoms with Crippen LogP contribution in [0.3, 0.4) is 0 Å². The van der Waals surface area contributed by atoms with Crippen molar-refractivity contribution in [1.29, 1.82) is 0 Å². The predicted molar refractivity (Wildman–Crippen MR) is 83.4 cm³/mol. The van der Waals surface area contributed by atoms with Gasteiger partial charge in [-0.1, -0.05) is 49.8 Å². The normalized spacial score (nSPS) is 11.1. The first-order valence-electron chi connectivity index (χ1n) is 6.29. The van der Waals surface area contributed by atoms with E-state index < -0.39 is 5.54 Å². The molecule has 1 aromatic rings. The molecule has 1 amide bonds. The van der Waals surface area contributed by atoms with Crippen molar-refractivity contribution >= 4 is 34.7 Å². The van der Waals surface area contributed by atoms with E-state index in [2.05, 4.69) is 5.32 Å². The molecule has 0 atom stereocenters. The van der Waals surface area contributed by atoms with Gasteiger partial charge in [0.25, 0.3) is 0 Å². The molecule has 0 radical (unpaired) electrons. The molecule has 0 fully saturated rings. The first kappa shape index (κ1) is 15.9. The zero-order valence-electron chi connectivity index (χ0n) is 11.2. The fourth-order valence-corrected chi connectivity index (χ4v) is 2.53. The molecule has 104 valence electrons. The molecule has 3 N–H and O–H groups in total. The fraction of sp³-hybridized carbons (Fsp3) is 0.429. The topological polar surface area (TPSA) is 55.1 Å². The molecule has 0 saturated carbocycles. The summed E-state index contributed by atoms with van der Waals surface area (Å²) < 4.78 is 0. The Kier molecular flexibility index (Phi) is 5.76. The minimum atomic E-state index is -0.592. The number of halogens is 1. The third-order valence-electron chi connectivity index (χ3n) is 3.31. The van der Waals surface area contributed by atoms with Gasteiger partial charge in [0, 0.05) is 5.02 Å². The van der Waals surface area contributed by atoms with E-state index in [1.807, 2.05) is 26.0 Å². The van der Waals surface area contributed by atoms with Crippen LogP contribution in [0.15, 0.2) is 24.3 Å². The Morgan fingerprint density at radius 2 is 2.05 bits per heavy atom. The second kappa shape index (κ2) is 6.87. The third-order valence-corrected chi connectivity index (χ3v) is 3.94. The van der Waals surface area contributed by atoms with E-state index >= 15 is 0 Å². The summed E-state index contributed by atoms with van der Waals surface area (Å²) in [6, 6.07) is 7.25. The molecule has 0 spiro atoms. The van der Waals surface area contributed by atoms with Gasteiger partial charge in [0.05, 0.1) is 16.9 Å². The van der Waals surface area contributed by atoms with Crippen LogP contribution in [0.2, 0.25) is 5.02 Å². The van der Waals surface area contributed by atoms with E-state index in [9.17, 15) is 4.79 Å². The van der Waals surface area contributed by atoms with Crippen LogP contribution in [-0.4, -0.2) is 16.4 Å². The number of nitrogens with one attached hydrogen (secondary N) is 1. The number of amides is 1. The summed E-state index contributed by atoms with van der Waals surface area (Å²) in [5.74, 6) is -0.0984. The van der Waals surface area contributed by atoms with Gasteiger partial charge in [-0.3, -0.25) is 4.79 Å². The highest BCUT2D eigenvalue weighted by molar-refractivity contribution is 7.80. The highest BCUT2D eigenvalue weighted by Crippen LogP contribution is 2.17. The van der Waals surface area contributed by atoms with Gasteiger partial charge in [-0.2, -0.15) is 0 Å². The van der Waals surface area contributed by atoms with Gasteiger partial charge in [0.15, 0.2) is 0 Å². The summed E-state index contributed by atoms with van der Waals surface area (Å²) in [6.45, 7) is 3.92. The van der Waals surface area contributed by atoms with Crippen LogP contribution >= 0.6 is 23.8 Å². The van der Waals surface area contributed by atoms with Crippen molar-refractivity contribution in [2.45, 2.75) is 38.6 Å². The van der Waals surface area contributed by atoms with Crippen LogP contribution in [0, 0.1) is 0 Å². The van der Waals surface area contributed by atoms with Crippen molar-refractivity contribution in [3.63, 3.8) is 0 Å². The molecule has 0 aromatic heterocycles. The maximum atomic E-state index is 12.1. The zero-order valence-corrected chi connectivity index (χ0v) is 12.8. The Morgan fingerprint density at radius 3 is 2.53 bits per heavy atom. The van der Waals surface area contributed by atoms with Gasteiger partial charge < -0.3 is 11.1 Å². The Morgan fingerprint density at radius 1 is 1.42 bits per heavy atom. The number of carbonyl (C=O) groups excluding carboxylic acids is 1. The molecule has 0 bridgehead atoms. The summed E-state index contributed by atoms with van der Waals surface area (Å²) in [7, 11) is 0. The van der Waals surface area contributed by atoms with E-state index in [1.54, 1.807) is 12.1 Å². The first-order valence-corrected chi connectivity index (χ1v) is 7.07. The zero-order chi connectivity index (χ0) is 14.5. The number of hydrogen-bond acceptors (Lipinski definition) is 2. The van der Waals surface area contributed by atoms with Gasteiger partial charge in [-0.05, 0) is 30.5 Å². The van der Waals surface area contributed by atoms with Crippen molar-refractivity contribution in [3.8, 4) is 0 Å². The molecule has 1 aromatic carbocycles. The van der Waals surface area contributed by atoms with Crippen molar-refractivity contribution in [2.75, 3.05) is 0 Å². The van der Waals surface area contributed by atoms with Crippen LogP contribution in [-0.2, 0) is 11.2 Å². The average molecular weight is 299 g/mol. The smallest absolute Gasteiger partial charge is 0.225 e. The Labute approximate surface area is 124 Å². The Balaban J connectivity index is 2.76. The minimum absolute atomic E-state index is 0.0984. The summed E-state index contributed by atoms with van der Waals surface area (Å²) in [5, 5.41) is 3.57. The van der Waals surface area contributed by atoms with Crippen molar-refractivity contribution in [3.05, 3.63) is 34.9 Å². The van der Waals surface area contributed by atoms with Crippen LogP contribution < -0.4 is 11.1 Å². The molecule has 0 aliphatic carbocycles. The average Bonchev–Trinajstić information content (AvgIpc) is 2.35. The highest BCUT2D eigenvalue weighted by atomic mass is 35.5. The van der Waals surface area contributed by atoms with Crippen LogP contribution in [0.5, 0.6) is 0 Å². The van der Waals surface area contributed by atoms with E-state index in [0.717, 1.165) is 5.56 Å². The first-order chi connectivity index (χ1) is 8.93. The molecule has 0 heterocycles. The summed E-state index contributed by atoms with van der Waals surface area (Å²) in [6.07, 6.45) is 1.63. The number of rotatable bonds is 6. The molecule has 0 aliphatic rings. The van der Waals surface area contributed by atoms with Gasteiger partial charge in [0.2, 0.25) is 5.91 Å². The number of benzene rings is 1. The maximum absolute atomic E-state index is 12.1. The number of carbonyl (C=O) groups is 1. The molecular weight excluding hydrogens is 280 g/mol. The second-order valence-electron chi connectivity index (χ2n) is 4.51. The van der Waals surface area contributed by atoms with Crippen molar-refractivity contribution in [2.24, 2.45) is 5.73 Å². The predicted octanol–water partition coefficient (Wildman–Crippen LogP) is 2.84. The molecule has 19 heavy (non-hydrogen) atoms. The standard InChI is InChI=1S/C14H19ClN2OS/c1-3-14(4-2,13(16)19)17-12(18)9-10-6-5-7-11(15)8-10/h5-8H,3-4,9H2,1-2H3,(H2,16,19)(H,17,18). The Bertz CT molecular complexity index is 472. The van der Waals surface area contributed by atoms with E-state index in [-0.39, 0.29) is 12.3 Å². The van der Waals surface area contributed by atoms with E-state index in [0.29, 0.717) is 22.9 Å². The lowest BCUT2D eigenvalue weighted by molar-refractivity contribution is -0.121. The van der Waals surface area contributed by atoms with Crippen LogP contribution in [0.25, 0.3) is 0 Å². The molecular formula is C14H19ClN2OS. The van der Waals surface area contributed by atoms with Crippen LogP contribution in [0.4, 0.5) is 0 Å². The third kappa shape index (κ3) is 4.18. The lowest BCUT2D eigenvalue weighted by atomic mass is 9.92. The van der Waals surface area contributed by atoms with Gasteiger partial charge in [-0.15, -0.1) is 0 Å². The summed E-state index contributed by atoms with van der Waals surface area (Å²) in [5.41, 5.74) is 6.03. The summed E-state index contributed by atoms with van der Waals surface area (Å²) in [4.78, 5) is 12.4. The highest BCUT2D eigenvalue weighted by Gasteiger charge is 2.31. The SMILES string of the molecule is CCC(CC)(NC(=O)Cc1cccc(Cl)c1)C(N)=S. The lowest BCUT2D eigenvalue weighted by Gasteiger charge is -2.31. The summed E-state index contributed by atoms with van der Waals surface area (Å²) >= 11 is 11.0. The van der Waals surface area contributed by atoms with E-state index in [1.165, 1.54) is 0 Å². The minimum Gasteiger partial charge on any atom is -0.391 e. The van der Waals surface area contributed by atoms with Gasteiger partial charge in [0.1, 0.15) is 0 Å².